The Kier molecular flexibility index (Phi) is 5.40. The Morgan fingerprint density at radius 2 is 2.26 bits per heavy atom. The average Bonchev–Trinajstić information content (AvgIpc) is 3.09. The fourth-order valence-electron chi connectivity index (χ4n) is 3.11. The Labute approximate surface area is 141 Å². The standard InChI is InChI=1S/C16H25N5OS/c1-19-15(5-6-17-19)16(22)14-11-13-12-20(8-4-10-23-2)7-3-9-21(13)18-14/h5-6,11,16,22H,3-4,7-10,12H2,1-2H3. The highest BCUT2D eigenvalue weighted by Crippen LogP contribution is 2.23. The molecule has 0 bridgehead atoms. The quantitative estimate of drug-likeness (QED) is 0.814. The van der Waals surface area contributed by atoms with Crippen LogP contribution >= 0.6 is 11.8 Å². The van der Waals surface area contributed by atoms with Crippen LogP contribution in [0.1, 0.15) is 36.0 Å². The molecule has 3 rings (SSSR count). The molecule has 2 aromatic rings. The van der Waals surface area contributed by atoms with Crippen molar-refractivity contribution in [2.24, 2.45) is 7.05 Å². The maximum atomic E-state index is 10.6. The van der Waals surface area contributed by atoms with E-state index in [4.69, 9.17) is 0 Å². The Balaban J connectivity index is 1.73. The highest BCUT2D eigenvalue weighted by molar-refractivity contribution is 7.98. The van der Waals surface area contributed by atoms with Gasteiger partial charge in [0.2, 0.25) is 0 Å². The van der Waals surface area contributed by atoms with Gasteiger partial charge in [0.1, 0.15) is 6.10 Å². The van der Waals surface area contributed by atoms with Gasteiger partial charge in [-0.15, -0.1) is 0 Å². The third kappa shape index (κ3) is 3.79. The molecule has 0 saturated carbocycles. The van der Waals surface area contributed by atoms with E-state index in [1.165, 1.54) is 17.9 Å². The van der Waals surface area contributed by atoms with Gasteiger partial charge in [0.25, 0.3) is 0 Å². The molecule has 23 heavy (non-hydrogen) atoms. The largest absolute Gasteiger partial charge is 0.380 e. The van der Waals surface area contributed by atoms with E-state index in [2.05, 4.69) is 26.0 Å². The summed E-state index contributed by atoms with van der Waals surface area (Å²) in [7, 11) is 1.84. The van der Waals surface area contributed by atoms with Gasteiger partial charge in [-0.2, -0.15) is 22.0 Å². The Morgan fingerprint density at radius 3 is 3.00 bits per heavy atom. The molecule has 0 fully saturated rings. The number of fused-ring (bicyclic) bond motifs is 1. The SMILES string of the molecule is CSCCCN1CCCn2nc(C(O)c3ccnn3C)cc2C1. The van der Waals surface area contributed by atoms with Crippen LogP contribution in [0.2, 0.25) is 0 Å². The van der Waals surface area contributed by atoms with E-state index in [0.29, 0.717) is 0 Å². The Hall–Kier alpha value is -1.31. The van der Waals surface area contributed by atoms with Crippen molar-refractivity contribution in [3.8, 4) is 0 Å². The van der Waals surface area contributed by atoms with E-state index >= 15 is 0 Å². The van der Waals surface area contributed by atoms with Crippen LogP contribution in [0.3, 0.4) is 0 Å². The van der Waals surface area contributed by atoms with Crippen LogP contribution in [0.15, 0.2) is 18.3 Å². The van der Waals surface area contributed by atoms with Gasteiger partial charge in [-0.1, -0.05) is 0 Å². The normalized spacial score (nSPS) is 17.0. The Morgan fingerprint density at radius 1 is 1.39 bits per heavy atom. The van der Waals surface area contributed by atoms with Crippen molar-refractivity contribution in [2.75, 3.05) is 25.1 Å². The number of nitrogens with zero attached hydrogens (tertiary/aromatic N) is 5. The minimum absolute atomic E-state index is 0.716. The van der Waals surface area contributed by atoms with Gasteiger partial charge in [-0.3, -0.25) is 14.3 Å². The van der Waals surface area contributed by atoms with Crippen molar-refractivity contribution in [3.63, 3.8) is 0 Å². The fraction of sp³-hybridized carbons (Fsp3) is 0.625. The molecule has 0 aliphatic carbocycles. The molecule has 1 aliphatic rings. The summed E-state index contributed by atoms with van der Waals surface area (Å²) in [5.41, 5.74) is 2.69. The molecule has 3 heterocycles. The number of aliphatic hydroxyl groups excluding tert-OH is 1. The molecular formula is C16H25N5OS. The Bertz CT molecular complexity index is 638. The van der Waals surface area contributed by atoms with Gasteiger partial charge in [0.05, 0.1) is 17.1 Å². The summed E-state index contributed by atoms with van der Waals surface area (Å²) < 4.78 is 3.76. The second-order valence-corrected chi connectivity index (χ2v) is 7.03. The summed E-state index contributed by atoms with van der Waals surface area (Å²) >= 11 is 1.90. The van der Waals surface area contributed by atoms with E-state index in [1.54, 1.807) is 10.9 Å². The van der Waals surface area contributed by atoms with Crippen LogP contribution in [0, 0.1) is 0 Å². The number of rotatable bonds is 6. The van der Waals surface area contributed by atoms with Crippen molar-refractivity contribution in [1.82, 2.24) is 24.5 Å². The van der Waals surface area contributed by atoms with Crippen LogP contribution in [0.25, 0.3) is 0 Å². The number of hydrogen-bond donors (Lipinski definition) is 1. The first-order chi connectivity index (χ1) is 11.2. The minimum Gasteiger partial charge on any atom is -0.380 e. The molecule has 2 aromatic heterocycles. The number of thioether (sulfide) groups is 1. The van der Waals surface area contributed by atoms with Crippen molar-refractivity contribution < 1.29 is 5.11 Å². The second-order valence-electron chi connectivity index (χ2n) is 6.04. The summed E-state index contributed by atoms with van der Waals surface area (Å²) in [5, 5.41) is 19.3. The number of aryl methyl sites for hydroxylation is 2. The van der Waals surface area contributed by atoms with Crippen LogP contribution in [-0.4, -0.2) is 54.7 Å². The summed E-state index contributed by atoms with van der Waals surface area (Å²) in [5.74, 6) is 1.21. The molecule has 0 saturated heterocycles. The van der Waals surface area contributed by atoms with Crippen LogP contribution < -0.4 is 0 Å². The molecule has 0 aromatic carbocycles. The lowest BCUT2D eigenvalue weighted by Crippen LogP contribution is -2.24. The maximum absolute atomic E-state index is 10.6. The minimum atomic E-state index is -0.716. The molecule has 1 unspecified atom stereocenters. The summed E-state index contributed by atoms with van der Waals surface area (Å²) in [6, 6.07) is 3.88. The first-order valence-electron chi connectivity index (χ1n) is 8.13. The van der Waals surface area contributed by atoms with Crippen molar-refractivity contribution >= 4 is 11.8 Å². The zero-order valence-corrected chi connectivity index (χ0v) is 14.7. The van der Waals surface area contributed by atoms with E-state index in [9.17, 15) is 5.11 Å². The molecule has 0 amide bonds. The van der Waals surface area contributed by atoms with Gasteiger partial charge in [-0.25, -0.2) is 0 Å². The zero-order valence-electron chi connectivity index (χ0n) is 13.9. The van der Waals surface area contributed by atoms with Gasteiger partial charge < -0.3 is 5.11 Å². The second kappa shape index (κ2) is 7.51. The lowest BCUT2D eigenvalue weighted by Gasteiger charge is -2.18. The van der Waals surface area contributed by atoms with Gasteiger partial charge in [0, 0.05) is 32.9 Å². The van der Waals surface area contributed by atoms with E-state index < -0.39 is 6.10 Å². The first-order valence-corrected chi connectivity index (χ1v) is 9.52. The van der Waals surface area contributed by atoms with Gasteiger partial charge >= 0.3 is 0 Å². The van der Waals surface area contributed by atoms with Crippen LogP contribution in [0.5, 0.6) is 0 Å². The van der Waals surface area contributed by atoms with Crippen molar-refractivity contribution in [1.29, 1.82) is 0 Å². The van der Waals surface area contributed by atoms with Crippen molar-refractivity contribution in [3.05, 3.63) is 35.4 Å². The molecule has 0 spiro atoms. The summed E-state index contributed by atoms with van der Waals surface area (Å²) in [6.07, 6.45) is 5.47. The lowest BCUT2D eigenvalue weighted by molar-refractivity contribution is 0.203. The molecule has 7 heteroatoms. The van der Waals surface area contributed by atoms with Gasteiger partial charge in [-0.05, 0) is 43.5 Å². The molecule has 1 atom stereocenters. The fourth-order valence-corrected chi connectivity index (χ4v) is 3.53. The van der Waals surface area contributed by atoms with Crippen LogP contribution in [0.4, 0.5) is 0 Å². The smallest absolute Gasteiger partial charge is 0.139 e. The summed E-state index contributed by atoms with van der Waals surface area (Å²) in [6.45, 7) is 4.09. The predicted molar refractivity (Wildman–Crippen MR) is 92.4 cm³/mol. The van der Waals surface area contributed by atoms with E-state index in [-0.39, 0.29) is 0 Å². The van der Waals surface area contributed by atoms with E-state index in [1.807, 2.05) is 30.9 Å². The van der Waals surface area contributed by atoms with E-state index in [0.717, 1.165) is 44.0 Å². The topological polar surface area (TPSA) is 59.1 Å². The molecule has 1 aliphatic heterocycles. The maximum Gasteiger partial charge on any atom is 0.139 e. The highest BCUT2D eigenvalue weighted by Gasteiger charge is 2.22. The monoisotopic (exact) mass is 335 g/mol. The molecule has 0 radical (unpaired) electrons. The van der Waals surface area contributed by atoms with Crippen LogP contribution in [-0.2, 0) is 20.1 Å². The molecule has 126 valence electrons. The first kappa shape index (κ1) is 16.5. The van der Waals surface area contributed by atoms with Gasteiger partial charge in [0.15, 0.2) is 0 Å². The lowest BCUT2D eigenvalue weighted by atomic mass is 10.2. The number of aromatic nitrogens is 4. The number of hydrogen-bond acceptors (Lipinski definition) is 5. The molecule has 1 N–H and O–H groups in total. The molecular weight excluding hydrogens is 310 g/mol. The third-order valence-corrected chi connectivity index (χ3v) is 5.05. The molecule has 6 nitrogen and oxygen atoms in total. The summed E-state index contributed by atoms with van der Waals surface area (Å²) in [4.78, 5) is 2.50. The zero-order chi connectivity index (χ0) is 16.2. The highest BCUT2D eigenvalue weighted by atomic mass is 32.2. The number of aliphatic hydroxyl groups is 1. The third-order valence-electron chi connectivity index (χ3n) is 4.35. The van der Waals surface area contributed by atoms with Crippen molar-refractivity contribution in [2.45, 2.75) is 32.0 Å². The predicted octanol–water partition coefficient (Wildman–Crippen LogP) is 1.66. The average molecular weight is 335 g/mol.